The van der Waals surface area contributed by atoms with Crippen molar-refractivity contribution in [3.05, 3.63) is 71.2 Å². The van der Waals surface area contributed by atoms with Gasteiger partial charge in [-0.15, -0.1) is 0 Å². The van der Waals surface area contributed by atoms with Gasteiger partial charge in [0.1, 0.15) is 17.4 Å². The predicted octanol–water partition coefficient (Wildman–Crippen LogP) is 3.10. The third-order valence-electron chi connectivity index (χ3n) is 4.69. The molecular formula is C22H22FN3O4. The lowest BCUT2D eigenvalue weighted by Crippen LogP contribution is -2.54. The largest absolute Gasteiger partial charge is 0.451 e. The third kappa shape index (κ3) is 4.48. The van der Waals surface area contributed by atoms with Gasteiger partial charge in [-0.2, -0.15) is 0 Å². The molecule has 1 aromatic heterocycles. The van der Waals surface area contributed by atoms with Gasteiger partial charge in [-0.1, -0.05) is 32.0 Å². The minimum atomic E-state index is -0.917. The lowest BCUT2D eigenvalue weighted by Gasteiger charge is -2.21. The van der Waals surface area contributed by atoms with Crippen LogP contribution in [0.25, 0.3) is 11.0 Å². The molecule has 0 fully saturated rings. The van der Waals surface area contributed by atoms with Crippen LogP contribution in [0, 0.1) is 18.7 Å². The van der Waals surface area contributed by atoms with Gasteiger partial charge in [0.15, 0.2) is 5.76 Å². The second-order valence-electron chi connectivity index (χ2n) is 7.20. The molecule has 0 bridgehead atoms. The third-order valence-corrected chi connectivity index (χ3v) is 4.69. The van der Waals surface area contributed by atoms with Crippen LogP contribution in [0.1, 0.15) is 40.3 Å². The van der Waals surface area contributed by atoms with E-state index in [0.29, 0.717) is 11.1 Å². The van der Waals surface area contributed by atoms with Crippen molar-refractivity contribution in [1.82, 2.24) is 16.2 Å². The number of para-hydroxylation sites is 1. The Morgan fingerprint density at radius 3 is 2.23 bits per heavy atom. The normalized spacial score (nSPS) is 11.9. The summed E-state index contributed by atoms with van der Waals surface area (Å²) >= 11 is 0. The molecule has 3 amide bonds. The quantitative estimate of drug-likeness (QED) is 0.562. The topological polar surface area (TPSA) is 100 Å². The molecule has 3 N–H and O–H groups in total. The van der Waals surface area contributed by atoms with Crippen LogP contribution in [0.2, 0.25) is 0 Å². The highest BCUT2D eigenvalue weighted by Gasteiger charge is 2.26. The Morgan fingerprint density at radius 2 is 1.60 bits per heavy atom. The molecule has 3 rings (SSSR count). The van der Waals surface area contributed by atoms with E-state index in [1.165, 1.54) is 12.1 Å². The molecule has 0 saturated carbocycles. The van der Waals surface area contributed by atoms with Crippen LogP contribution >= 0.6 is 0 Å². The number of carbonyl (C=O) groups is 3. The number of benzene rings is 2. The van der Waals surface area contributed by atoms with Gasteiger partial charge in [-0.3, -0.25) is 25.2 Å². The highest BCUT2D eigenvalue weighted by Crippen LogP contribution is 2.24. The molecule has 0 saturated heterocycles. The molecular weight excluding hydrogens is 389 g/mol. The summed E-state index contributed by atoms with van der Waals surface area (Å²) in [6, 6.07) is 11.3. The second kappa shape index (κ2) is 8.77. The zero-order valence-electron chi connectivity index (χ0n) is 16.8. The van der Waals surface area contributed by atoms with Crippen LogP contribution in [-0.4, -0.2) is 23.8 Å². The number of hydrogen-bond donors (Lipinski definition) is 3. The molecule has 8 heteroatoms. The van der Waals surface area contributed by atoms with Gasteiger partial charge in [0.25, 0.3) is 11.8 Å². The molecule has 156 valence electrons. The summed E-state index contributed by atoms with van der Waals surface area (Å²) in [4.78, 5) is 37.4. The number of hydrogen-bond acceptors (Lipinski definition) is 4. The molecule has 1 atom stereocenters. The minimum Gasteiger partial charge on any atom is -0.451 e. The summed E-state index contributed by atoms with van der Waals surface area (Å²) < 4.78 is 18.6. The van der Waals surface area contributed by atoms with Crippen molar-refractivity contribution in [2.45, 2.75) is 26.8 Å². The van der Waals surface area contributed by atoms with Crippen molar-refractivity contribution in [3.63, 3.8) is 0 Å². The Kier molecular flexibility index (Phi) is 6.15. The Bertz CT molecular complexity index is 1090. The number of rotatable bonds is 5. The highest BCUT2D eigenvalue weighted by atomic mass is 19.1. The summed E-state index contributed by atoms with van der Waals surface area (Å²) in [6.07, 6.45) is 0. The molecule has 30 heavy (non-hydrogen) atoms. The van der Waals surface area contributed by atoms with E-state index >= 15 is 0 Å². The first-order valence-electron chi connectivity index (χ1n) is 9.42. The molecule has 7 nitrogen and oxygen atoms in total. The summed E-state index contributed by atoms with van der Waals surface area (Å²) in [5.41, 5.74) is 6.09. The zero-order valence-corrected chi connectivity index (χ0v) is 16.8. The number of furan rings is 1. The summed E-state index contributed by atoms with van der Waals surface area (Å²) in [6.45, 7) is 5.25. The smallest absolute Gasteiger partial charge is 0.305 e. The Morgan fingerprint density at radius 1 is 0.933 bits per heavy atom. The Labute approximate surface area is 172 Å². The molecule has 0 radical (unpaired) electrons. The van der Waals surface area contributed by atoms with Gasteiger partial charge in [0.05, 0.1) is 0 Å². The molecule has 0 aliphatic heterocycles. The van der Waals surface area contributed by atoms with Crippen molar-refractivity contribution in [3.8, 4) is 0 Å². The molecule has 0 unspecified atom stereocenters. The van der Waals surface area contributed by atoms with E-state index in [4.69, 9.17) is 4.42 Å². The minimum absolute atomic E-state index is 0.0907. The van der Waals surface area contributed by atoms with E-state index in [-0.39, 0.29) is 17.2 Å². The van der Waals surface area contributed by atoms with Gasteiger partial charge in [0.2, 0.25) is 0 Å². The number of nitrogens with one attached hydrogen (secondary N) is 3. The van der Waals surface area contributed by atoms with E-state index < -0.39 is 29.6 Å². The molecule has 3 aromatic rings. The number of aryl methyl sites for hydroxylation is 1. The van der Waals surface area contributed by atoms with Crippen molar-refractivity contribution >= 4 is 28.7 Å². The lowest BCUT2D eigenvalue weighted by molar-refractivity contribution is -0.124. The van der Waals surface area contributed by atoms with Crippen LogP contribution in [0.15, 0.2) is 52.9 Å². The van der Waals surface area contributed by atoms with E-state index in [2.05, 4.69) is 16.2 Å². The average Bonchev–Trinajstić information content (AvgIpc) is 3.07. The molecule has 1 heterocycles. The van der Waals surface area contributed by atoms with Crippen molar-refractivity contribution in [2.75, 3.05) is 0 Å². The first-order valence-corrected chi connectivity index (χ1v) is 9.42. The molecule has 0 spiro atoms. The monoisotopic (exact) mass is 411 g/mol. The number of fused-ring (bicyclic) bond motifs is 1. The van der Waals surface area contributed by atoms with Crippen LogP contribution in [0.3, 0.4) is 0 Å². The van der Waals surface area contributed by atoms with Gasteiger partial charge in [0, 0.05) is 16.5 Å². The maximum Gasteiger partial charge on any atom is 0.305 e. The van der Waals surface area contributed by atoms with E-state index in [9.17, 15) is 18.8 Å². The van der Waals surface area contributed by atoms with Crippen LogP contribution < -0.4 is 16.2 Å². The average molecular weight is 411 g/mol. The van der Waals surface area contributed by atoms with E-state index in [1.807, 2.05) is 12.1 Å². The summed E-state index contributed by atoms with van der Waals surface area (Å²) in [5, 5.41) is 3.41. The fraction of sp³-hybridized carbons (Fsp3) is 0.227. The first-order chi connectivity index (χ1) is 14.3. The predicted molar refractivity (Wildman–Crippen MR) is 109 cm³/mol. The van der Waals surface area contributed by atoms with Crippen LogP contribution in [0.5, 0.6) is 0 Å². The molecule has 0 aliphatic carbocycles. The van der Waals surface area contributed by atoms with Gasteiger partial charge in [-0.05, 0) is 43.2 Å². The number of halogens is 1. The maximum atomic E-state index is 13.0. The van der Waals surface area contributed by atoms with Crippen LogP contribution in [-0.2, 0) is 4.79 Å². The number of hydrazine groups is 1. The van der Waals surface area contributed by atoms with Crippen molar-refractivity contribution in [1.29, 1.82) is 0 Å². The molecule has 2 aromatic carbocycles. The zero-order chi connectivity index (χ0) is 21.8. The van der Waals surface area contributed by atoms with Crippen LogP contribution in [0.4, 0.5) is 4.39 Å². The molecule has 0 aliphatic rings. The Hall–Kier alpha value is -3.68. The first kappa shape index (κ1) is 21.0. The number of carbonyl (C=O) groups excluding carboxylic acids is 3. The van der Waals surface area contributed by atoms with Crippen molar-refractivity contribution < 1.29 is 23.2 Å². The number of amides is 3. The van der Waals surface area contributed by atoms with Gasteiger partial charge < -0.3 is 9.73 Å². The lowest BCUT2D eigenvalue weighted by atomic mass is 10.0. The second-order valence-corrected chi connectivity index (χ2v) is 7.20. The van der Waals surface area contributed by atoms with Crippen molar-refractivity contribution in [2.24, 2.45) is 5.92 Å². The fourth-order valence-electron chi connectivity index (χ4n) is 3.00. The van der Waals surface area contributed by atoms with E-state index in [1.54, 1.807) is 32.9 Å². The SMILES string of the molecule is Cc1c(C(=O)NNC(=O)[C@@H](NC(=O)c2ccc(F)cc2)C(C)C)oc2ccccc12. The van der Waals surface area contributed by atoms with Gasteiger partial charge in [-0.25, -0.2) is 4.39 Å². The van der Waals surface area contributed by atoms with Gasteiger partial charge >= 0.3 is 5.91 Å². The van der Waals surface area contributed by atoms with E-state index in [0.717, 1.165) is 17.5 Å². The standard InChI is InChI=1S/C22H22FN3O4/c1-12(2)18(24-20(27)14-8-10-15(23)11-9-14)21(28)25-26-22(29)19-13(3)16-6-4-5-7-17(16)30-19/h4-12,18H,1-3H3,(H,24,27)(H,25,28)(H,26,29)/t18-/m0/s1. The maximum absolute atomic E-state index is 13.0. The summed E-state index contributed by atoms with van der Waals surface area (Å²) in [5.74, 6) is -2.37. The summed E-state index contributed by atoms with van der Waals surface area (Å²) in [7, 11) is 0. The fourth-order valence-corrected chi connectivity index (χ4v) is 3.00. The highest BCUT2D eigenvalue weighted by molar-refractivity contribution is 6.01. The Balaban J connectivity index is 1.66.